The molecule has 0 aliphatic carbocycles. The monoisotopic (exact) mass is 336 g/mol. The molecule has 1 heterocycles. The zero-order valence-electron chi connectivity index (χ0n) is 15.0. The number of para-hydroxylation sites is 1. The summed E-state index contributed by atoms with van der Waals surface area (Å²) in [6.07, 6.45) is 1.12. The molecule has 3 rings (SSSR count). The van der Waals surface area contributed by atoms with Crippen LogP contribution in [0.2, 0.25) is 0 Å². The number of benzene rings is 2. The Morgan fingerprint density at radius 1 is 1.16 bits per heavy atom. The molecule has 0 saturated carbocycles. The minimum absolute atomic E-state index is 0.0149. The molecule has 25 heavy (non-hydrogen) atoms. The highest BCUT2D eigenvalue weighted by molar-refractivity contribution is 6.03. The van der Waals surface area contributed by atoms with E-state index in [0.717, 1.165) is 28.9 Å². The van der Waals surface area contributed by atoms with Crippen LogP contribution < -0.4 is 10.2 Å². The first-order chi connectivity index (χ1) is 12.0. The maximum atomic E-state index is 12.6. The Kier molecular flexibility index (Phi) is 4.88. The molecule has 1 aliphatic heterocycles. The average Bonchev–Trinajstić information content (AvgIpc) is 3.00. The highest BCUT2D eigenvalue weighted by Crippen LogP contribution is 2.29. The third kappa shape index (κ3) is 3.58. The topological polar surface area (TPSA) is 49.4 Å². The van der Waals surface area contributed by atoms with Crippen LogP contribution in [-0.2, 0) is 16.0 Å². The molecule has 4 nitrogen and oxygen atoms in total. The van der Waals surface area contributed by atoms with Crippen molar-refractivity contribution in [2.45, 2.75) is 33.6 Å². The zero-order chi connectivity index (χ0) is 18.0. The molecule has 0 aromatic heterocycles. The van der Waals surface area contributed by atoms with E-state index in [1.807, 2.05) is 56.3 Å². The smallest absolute Gasteiger partial charge is 0.229 e. The summed E-state index contributed by atoms with van der Waals surface area (Å²) in [5, 5.41) is 2.96. The van der Waals surface area contributed by atoms with E-state index in [1.165, 1.54) is 5.56 Å². The van der Waals surface area contributed by atoms with Crippen molar-refractivity contribution in [1.29, 1.82) is 0 Å². The van der Waals surface area contributed by atoms with E-state index in [4.69, 9.17) is 0 Å². The quantitative estimate of drug-likeness (QED) is 0.922. The van der Waals surface area contributed by atoms with Crippen molar-refractivity contribution in [2.24, 2.45) is 5.92 Å². The number of nitrogens with zero attached hydrogens (tertiary/aromatic N) is 1. The van der Waals surface area contributed by atoms with Gasteiger partial charge in [0.05, 0.1) is 5.92 Å². The molecule has 1 aliphatic rings. The number of carbonyl (C=O) groups is 2. The summed E-state index contributed by atoms with van der Waals surface area (Å²) in [5.41, 5.74) is 5.17. The first kappa shape index (κ1) is 17.2. The molecule has 2 aromatic rings. The number of rotatable bonds is 4. The second kappa shape index (κ2) is 7.09. The third-order valence-electron chi connectivity index (χ3n) is 4.93. The van der Waals surface area contributed by atoms with E-state index in [-0.39, 0.29) is 24.2 Å². The summed E-state index contributed by atoms with van der Waals surface area (Å²) in [7, 11) is 0. The fourth-order valence-corrected chi connectivity index (χ4v) is 3.25. The number of carbonyl (C=O) groups excluding carboxylic acids is 2. The van der Waals surface area contributed by atoms with E-state index >= 15 is 0 Å². The predicted molar refractivity (Wildman–Crippen MR) is 101 cm³/mol. The number of hydrogen-bond donors (Lipinski definition) is 1. The molecule has 1 unspecified atom stereocenters. The number of amides is 2. The Morgan fingerprint density at radius 2 is 1.92 bits per heavy atom. The molecular formula is C21H24N2O2. The minimum atomic E-state index is -0.320. The lowest BCUT2D eigenvalue weighted by atomic mass is 10.1. The molecule has 4 heteroatoms. The predicted octanol–water partition coefficient (Wildman–Crippen LogP) is 3.86. The highest BCUT2D eigenvalue weighted by atomic mass is 16.2. The van der Waals surface area contributed by atoms with Gasteiger partial charge in [-0.05, 0) is 55.2 Å². The Balaban J connectivity index is 1.73. The molecule has 2 amide bonds. The Morgan fingerprint density at radius 3 is 2.64 bits per heavy atom. The summed E-state index contributed by atoms with van der Waals surface area (Å²) in [5.74, 6) is -0.395. The molecule has 0 bridgehead atoms. The van der Waals surface area contributed by atoms with Crippen molar-refractivity contribution in [3.63, 3.8) is 0 Å². The van der Waals surface area contributed by atoms with E-state index in [1.54, 1.807) is 4.90 Å². The first-order valence-electron chi connectivity index (χ1n) is 8.76. The van der Waals surface area contributed by atoms with Gasteiger partial charge in [0.15, 0.2) is 0 Å². The van der Waals surface area contributed by atoms with Crippen molar-refractivity contribution in [2.75, 3.05) is 16.8 Å². The highest BCUT2D eigenvalue weighted by Gasteiger charge is 2.35. The van der Waals surface area contributed by atoms with Crippen LogP contribution in [0, 0.1) is 19.8 Å². The Labute approximate surface area is 148 Å². The van der Waals surface area contributed by atoms with Crippen molar-refractivity contribution in [3.8, 4) is 0 Å². The number of nitrogens with one attached hydrogen (secondary N) is 1. The molecule has 2 aromatic carbocycles. The standard InChI is InChI=1S/C21H24N2O2/c1-4-16-7-5-6-8-19(16)23-13-17(12-20(23)24)21(25)22-18-10-9-14(2)15(3)11-18/h5-11,17H,4,12-13H2,1-3H3,(H,22,25). The SMILES string of the molecule is CCc1ccccc1N1CC(C(=O)Nc2ccc(C)c(C)c2)CC1=O. The molecular weight excluding hydrogens is 312 g/mol. The lowest BCUT2D eigenvalue weighted by Crippen LogP contribution is -2.28. The van der Waals surface area contributed by atoms with Crippen molar-refractivity contribution in [1.82, 2.24) is 0 Å². The second-order valence-electron chi connectivity index (χ2n) is 6.68. The van der Waals surface area contributed by atoms with Gasteiger partial charge in [-0.1, -0.05) is 31.2 Å². The van der Waals surface area contributed by atoms with Crippen LogP contribution in [0.15, 0.2) is 42.5 Å². The minimum Gasteiger partial charge on any atom is -0.326 e. The first-order valence-corrected chi connectivity index (χ1v) is 8.76. The van der Waals surface area contributed by atoms with E-state index in [9.17, 15) is 9.59 Å². The molecule has 0 radical (unpaired) electrons. The zero-order valence-corrected chi connectivity index (χ0v) is 15.0. The van der Waals surface area contributed by atoms with Gasteiger partial charge in [-0.2, -0.15) is 0 Å². The van der Waals surface area contributed by atoms with Gasteiger partial charge < -0.3 is 10.2 Å². The normalized spacial score (nSPS) is 17.0. The second-order valence-corrected chi connectivity index (χ2v) is 6.68. The van der Waals surface area contributed by atoms with E-state index < -0.39 is 0 Å². The lowest BCUT2D eigenvalue weighted by molar-refractivity contribution is -0.122. The van der Waals surface area contributed by atoms with Crippen LogP contribution in [-0.4, -0.2) is 18.4 Å². The van der Waals surface area contributed by atoms with Gasteiger partial charge in [-0.15, -0.1) is 0 Å². The van der Waals surface area contributed by atoms with Gasteiger partial charge >= 0.3 is 0 Å². The maximum Gasteiger partial charge on any atom is 0.229 e. The fraction of sp³-hybridized carbons (Fsp3) is 0.333. The fourth-order valence-electron chi connectivity index (χ4n) is 3.25. The number of aryl methyl sites for hydroxylation is 3. The van der Waals surface area contributed by atoms with Crippen LogP contribution in [0.4, 0.5) is 11.4 Å². The Hall–Kier alpha value is -2.62. The molecule has 1 saturated heterocycles. The van der Waals surface area contributed by atoms with Crippen LogP contribution >= 0.6 is 0 Å². The summed E-state index contributed by atoms with van der Waals surface area (Å²) >= 11 is 0. The van der Waals surface area contributed by atoms with Crippen LogP contribution in [0.5, 0.6) is 0 Å². The molecule has 1 fully saturated rings. The summed E-state index contributed by atoms with van der Waals surface area (Å²) in [6.45, 7) is 6.57. The average molecular weight is 336 g/mol. The van der Waals surface area contributed by atoms with E-state index in [2.05, 4.69) is 12.2 Å². The van der Waals surface area contributed by atoms with Crippen LogP contribution in [0.1, 0.15) is 30.0 Å². The van der Waals surface area contributed by atoms with Gasteiger partial charge in [-0.3, -0.25) is 9.59 Å². The van der Waals surface area contributed by atoms with Crippen LogP contribution in [0.25, 0.3) is 0 Å². The van der Waals surface area contributed by atoms with Gasteiger partial charge in [-0.25, -0.2) is 0 Å². The number of hydrogen-bond acceptors (Lipinski definition) is 2. The van der Waals surface area contributed by atoms with Crippen molar-refractivity contribution < 1.29 is 9.59 Å². The molecule has 1 N–H and O–H groups in total. The van der Waals surface area contributed by atoms with E-state index in [0.29, 0.717) is 6.54 Å². The van der Waals surface area contributed by atoms with Gasteiger partial charge in [0, 0.05) is 24.3 Å². The maximum absolute atomic E-state index is 12.6. The molecule has 130 valence electrons. The molecule has 0 spiro atoms. The summed E-state index contributed by atoms with van der Waals surface area (Å²) in [4.78, 5) is 26.8. The van der Waals surface area contributed by atoms with Crippen LogP contribution in [0.3, 0.4) is 0 Å². The molecule has 1 atom stereocenters. The van der Waals surface area contributed by atoms with Crippen molar-refractivity contribution >= 4 is 23.2 Å². The largest absolute Gasteiger partial charge is 0.326 e. The Bertz CT molecular complexity index is 813. The summed E-state index contributed by atoms with van der Waals surface area (Å²) < 4.78 is 0. The van der Waals surface area contributed by atoms with Gasteiger partial charge in [0.2, 0.25) is 11.8 Å². The van der Waals surface area contributed by atoms with Crippen molar-refractivity contribution in [3.05, 3.63) is 59.2 Å². The number of anilines is 2. The van der Waals surface area contributed by atoms with Gasteiger partial charge in [0.25, 0.3) is 0 Å². The lowest BCUT2D eigenvalue weighted by Gasteiger charge is -2.20. The van der Waals surface area contributed by atoms with Gasteiger partial charge in [0.1, 0.15) is 0 Å². The summed E-state index contributed by atoms with van der Waals surface area (Å²) in [6, 6.07) is 13.8. The third-order valence-corrected chi connectivity index (χ3v) is 4.93.